The van der Waals surface area contributed by atoms with Gasteiger partial charge >= 0.3 is 0 Å². The summed E-state index contributed by atoms with van der Waals surface area (Å²) < 4.78 is 5.48. The summed E-state index contributed by atoms with van der Waals surface area (Å²) in [7, 11) is 0. The molecule has 1 heterocycles. The SMILES string of the molecule is N#CC1(C2(c3ccc4ccccc4c3)COC2)CC1. The normalized spacial score (nSPS) is 22.5. The predicted octanol–water partition coefficient (Wildman–Crippen LogP) is 3.41. The van der Waals surface area contributed by atoms with Crippen molar-refractivity contribution in [1.29, 1.82) is 5.26 Å². The molecule has 4 rings (SSSR count). The second-order valence-electron chi connectivity index (χ2n) is 5.83. The number of hydrogen-bond acceptors (Lipinski definition) is 2. The number of rotatable bonds is 2. The number of fused-ring (bicyclic) bond motifs is 1. The van der Waals surface area contributed by atoms with Gasteiger partial charge in [0.15, 0.2) is 0 Å². The summed E-state index contributed by atoms with van der Waals surface area (Å²) in [6.45, 7) is 1.39. The molecule has 1 saturated carbocycles. The van der Waals surface area contributed by atoms with Crippen LogP contribution in [0, 0.1) is 16.7 Å². The van der Waals surface area contributed by atoms with Crippen LogP contribution in [0.3, 0.4) is 0 Å². The smallest absolute Gasteiger partial charge is 0.0716 e. The number of ether oxygens (including phenoxy) is 1. The van der Waals surface area contributed by atoms with E-state index in [1.165, 1.54) is 16.3 Å². The first-order valence-corrected chi connectivity index (χ1v) is 6.78. The molecule has 2 aromatic carbocycles. The Morgan fingerprint density at radius 1 is 1.00 bits per heavy atom. The molecule has 0 bridgehead atoms. The third-order valence-corrected chi connectivity index (χ3v) is 4.88. The van der Waals surface area contributed by atoms with Crippen LogP contribution in [-0.2, 0) is 10.2 Å². The van der Waals surface area contributed by atoms with Crippen LogP contribution in [0.4, 0.5) is 0 Å². The van der Waals surface area contributed by atoms with Crippen LogP contribution in [-0.4, -0.2) is 13.2 Å². The van der Waals surface area contributed by atoms with Crippen molar-refractivity contribution in [1.82, 2.24) is 0 Å². The van der Waals surface area contributed by atoms with Gasteiger partial charge in [-0.25, -0.2) is 0 Å². The molecule has 0 N–H and O–H groups in total. The van der Waals surface area contributed by atoms with Gasteiger partial charge in [0.1, 0.15) is 0 Å². The van der Waals surface area contributed by atoms with Gasteiger partial charge in [0, 0.05) is 0 Å². The van der Waals surface area contributed by atoms with Crippen LogP contribution in [0.1, 0.15) is 18.4 Å². The molecule has 0 spiro atoms. The highest BCUT2D eigenvalue weighted by Crippen LogP contribution is 2.62. The first-order chi connectivity index (χ1) is 9.30. The largest absolute Gasteiger partial charge is 0.379 e. The predicted molar refractivity (Wildman–Crippen MR) is 73.7 cm³/mol. The van der Waals surface area contributed by atoms with Crippen molar-refractivity contribution in [3.8, 4) is 6.07 Å². The first-order valence-electron chi connectivity index (χ1n) is 6.78. The lowest BCUT2D eigenvalue weighted by molar-refractivity contribution is -0.0866. The number of hydrogen-bond donors (Lipinski definition) is 0. The molecule has 2 fully saturated rings. The molecule has 1 saturated heterocycles. The average molecular weight is 249 g/mol. The van der Waals surface area contributed by atoms with Crippen LogP contribution in [0.5, 0.6) is 0 Å². The van der Waals surface area contributed by atoms with Crippen LogP contribution in [0.25, 0.3) is 10.8 Å². The molecule has 94 valence electrons. The molecule has 0 atom stereocenters. The fraction of sp³-hybridized carbons (Fsp3) is 0.353. The van der Waals surface area contributed by atoms with Crippen molar-refractivity contribution >= 4 is 10.8 Å². The van der Waals surface area contributed by atoms with Gasteiger partial charge in [0.05, 0.1) is 30.1 Å². The summed E-state index contributed by atoms with van der Waals surface area (Å²) in [5, 5.41) is 12.0. The average Bonchev–Trinajstić information content (AvgIpc) is 3.19. The number of nitriles is 1. The Hall–Kier alpha value is -1.85. The van der Waals surface area contributed by atoms with Crippen LogP contribution in [0.15, 0.2) is 42.5 Å². The molecule has 0 unspecified atom stereocenters. The van der Waals surface area contributed by atoms with Crippen molar-refractivity contribution < 1.29 is 4.74 Å². The van der Waals surface area contributed by atoms with Gasteiger partial charge in [-0.3, -0.25) is 0 Å². The van der Waals surface area contributed by atoms with Crippen LogP contribution < -0.4 is 0 Å². The highest BCUT2D eigenvalue weighted by molar-refractivity contribution is 5.83. The van der Waals surface area contributed by atoms with E-state index in [9.17, 15) is 5.26 Å². The molecule has 0 aromatic heterocycles. The van der Waals surface area contributed by atoms with Gasteiger partial charge in [0.25, 0.3) is 0 Å². The summed E-state index contributed by atoms with van der Waals surface area (Å²) in [5.74, 6) is 0. The van der Waals surface area contributed by atoms with Gasteiger partial charge in [-0.2, -0.15) is 5.26 Å². The summed E-state index contributed by atoms with van der Waals surface area (Å²) in [6, 6.07) is 17.5. The van der Waals surface area contributed by atoms with Crippen molar-refractivity contribution in [3.05, 3.63) is 48.0 Å². The van der Waals surface area contributed by atoms with E-state index in [4.69, 9.17) is 4.74 Å². The first kappa shape index (κ1) is 11.0. The Morgan fingerprint density at radius 2 is 1.74 bits per heavy atom. The van der Waals surface area contributed by atoms with Crippen molar-refractivity contribution in [2.75, 3.05) is 13.2 Å². The molecule has 1 aliphatic carbocycles. The zero-order valence-corrected chi connectivity index (χ0v) is 10.7. The number of benzene rings is 2. The van der Waals surface area contributed by atoms with E-state index in [-0.39, 0.29) is 10.8 Å². The fourth-order valence-electron chi connectivity index (χ4n) is 3.33. The quantitative estimate of drug-likeness (QED) is 0.817. The van der Waals surface area contributed by atoms with E-state index in [0.29, 0.717) is 13.2 Å². The van der Waals surface area contributed by atoms with Gasteiger partial charge in [-0.15, -0.1) is 0 Å². The van der Waals surface area contributed by atoms with Gasteiger partial charge in [-0.05, 0) is 29.2 Å². The topological polar surface area (TPSA) is 33.0 Å². The Bertz CT molecular complexity index is 690. The lowest BCUT2D eigenvalue weighted by Crippen LogP contribution is -2.53. The summed E-state index contributed by atoms with van der Waals surface area (Å²) >= 11 is 0. The minimum Gasteiger partial charge on any atom is -0.379 e. The highest BCUT2D eigenvalue weighted by Gasteiger charge is 2.64. The molecule has 2 heteroatoms. The molecule has 2 aromatic rings. The molecule has 2 aliphatic rings. The Labute approximate surface area is 112 Å². The van der Waals surface area contributed by atoms with Crippen molar-refractivity contribution in [3.63, 3.8) is 0 Å². The van der Waals surface area contributed by atoms with E-state index < -0.39 is 0 Å². The third-order valence-electron chi connectivity index (χ3n) is 4.88. The summed E-state index contributed by atoms with van der Waals surface area (Å²) in [4.78, 5) is 0. The zero-order chi connectivity index (χ0) is 12.9. The third kappa shape index (κ3) is 1.34. The van der Waals surface area contributed by atoms with Crippen LogP contribution >= 0.6 is 0 Å². The molecule has 1 aliphatic heterocycles. The van der Waals surface area contributed by atoms with Crippen molar-refractivity contribution in [2.24, 2.45) is 5.41 Å². The van der Waals surface area contributed by atoms with Crippen molar-refractivity contribution in [2.45, 2.75) is 18.3 Å². The standard InChI is InChI=1S/C17H15NO/c18-10-16(7-8-16)17(11-19-12-17)15-6-5-13-3-1-2-4-14(13)9-15/h1-6,9H,7-8,11-12H2. The molecular weight excluding hydrogens is 234 g/mol. The Balaban J connectivity index is 1.87. The lowest BCUT2D eigenvalue weighted by Gasteiger charge is -2.45. The highest BCUT2D eigenvalue weighted by atomic mass is 16.5. The summed E-state index contributed by atoms with van der Waals surface area (Å²) in [5.41, 5.74) is 1.04. The maximum absolute atomic E-state index is 9.53. The second-order valence-corrected chi connectivity index (χ2v) is 5.83. The van der Waals surface area contributed by atoms with E-state index in [1.54, 1.807) is 0 Å². The lowest BCUT2D eigenvalue weighted by atomic mass is 9.66. The molecule has 19 heavy (non-hydrogen) atoms. The van der Waals surface area contributed by atoms with E-state index in [0.717, 1.165) is 12.8 Å². The number of nitrogens with zero attached hydrogens (tertiary/aromatic N) is 1. The van der Waals surface area contributed by atoms with Gasteiger partial charge < -0.3 is 4.74 Å². The van der Waals surface area contributed by atoms with Gasteiger partial charge in [-0.1, -0.05) is 42.5 Å². The monoisotopic (exact) mass is 249 g/mol. The van der Waals surface area contributed by atoms with Crippen LogP contribution in [0.2, 0.25) is 0 Å². The Kier molecular flexibility index (Phi) is 2.08. The minimum absolute atomic E-state index is 0.0637. The summed E-state index contributed by atoms with van der Waals surface area (Å²) in [6.07, 6.45) is 2.03. The minimum atomic E-state index is -0.173. The maximum atomic E-state index is 9.53. The molecule has 2 nitrogen and oxygen atoms in total. The van der Waals surface area contributed by atoms with E-state index in [2.05, 4.69) is 48.5 Å². The zero-order valence-electron chi connectivity index (χ0n) is 10.7. The molecule has 0 radical (unpaired) electrons. The van der Waals surface area contributed by atoms with E-state index in [1.807, 2.05) is 0 Å². The molecule has 0 amide bonds. The Morgan fingerprint density at radius 3 is 2.32 bits per heavy atom. The van der Waals surface area contributed by atoms with E-state index >= 15 is 0 Å². The maximum Gasteiger partial charge on any atom is 0.0716 e. The fourth-order valence-corrected chi connectivity index (χ4v) is 3.33. The molecular formula is C17H15NO. The second kappa shape index (κ2) is 3.59. The van der Waals surface area contributed by atoms with Gasteiger partial charge in [0.2, 0.25) is 0 Å².